The molecule has 0 atom stereocenters. The molecule has 0 aromatic carbocycles. The Morgan fingerprint density at radius 1 is 1.60 bits per heavy atom. The smallest absolute Gasteiger partial charge is 0.122 e. The fraction of sp³-hybridized carbons (Fsp3) is 0.500. The highest BCUT2D eigenvalue weighted by molar-refractivity contribution is 5.16. The van der Waals surface area contributed by atoms with E-state index in [1.165, 1.54) is 0 Å². The third kappa shape index (κ3) is 3.22. The lowest BCUT2D eigenvalue weighted by Gasteiger charge is -2.24. The molecule has 0 radical (unpaired) electrons. The quantitative estimate of drug-likeness (QED) is 0.728. The molecule has 0 spiro atoms. The number of rotatable bonds is 6. The van der Waals surface area contributed by atoms with E-state index in [2.05, 4.69) is 25.3 Å². The average molecular weight is 208 g/mol. The minimum absolute atomic E-state index is 0.471. The molecule has 1 aromatic rings. The van der Waals surface area contributed by atoms with Gasteiger partial charge in [0.15, 0.2) is 0 Å². The maximum absolute atomic E-state index is 5.62. The first-order valence-electron chi connectivity index (χ1n) is 5.29. The molecular weight excluding hydrogens is 188 g/mol. The van der Waals surface area contributed by atoms with Crippen molar-refractivity contribution in [2.75, 3.05) is 6.54 Å². The molecule has 0 saturated carbocycles. The van der Waals surface area contributed by atoms with Gasteiger partial charge in [-0.05, 0) is 19.9 Å². The first-order chi connectivity index (χ1) is 7.19. The number of hydrogen-bond donors (Lipinski definition) is 1. The molecule has 0 saturated heterocycles. The minimum Gasteiger partial charge on any atom is -0.468 e. The molecule has 0 amide bonds. The number of nitrogens with two attached hydrogens (primary N) is 1. The van der Waals surface area contributed by atoms with Crippen molar-refractivity contribution in [3.63, 3.8) is 0 Å². The van der Waals surface area contributed by atoms with Crippen molar-refractivity contribution in [3.8, 4) is 0 Å². The lowest BCUT2D eigenvalue weighted by molar-refractivity contribution is 0.217. The average Bonchev–Trinajstić information content (AvgIpc) is 2.64. The lowest BCUT2D eigenvalue weighted by atomic mass is 10.2. The zero-order chi connectivity index (χ0) is 11.3. The Bertz CT molecular complexity index is 304. The lowest BCUT2D eigenvalue weighted by Crippen LogP contribution is -2.30. The summed E-state index contributed by atoms with van der Waals surface area (Å²) < 4.78 is 5.43. The Balaban J connectivity index is 2.68. The van der Waals surface area contributed by atoms with E-state index in [0.29, 0.717) is 12.6 Å². The van der Waals surface area contributed by atoms with Gasteiger partial charge < -0.3 is 10.2 Å². The molecule has 2 N–H and O–H groups in total. The van der Waals surface area contributed by atoms with Gasteiger partial charge in [-0.25, -0.2) is 0 Å². The minimum atomic E-state index is 0.471. The molecular formula is C12H20N2O. The summed E-state index contributed by atoms with van der Waals surface area (Å²) in [6.07, 6.45) is 3.61. The zero-order valence-electron chi connectivity index (χ0n) is 9.57. The van der Waals surface area contributed by atoms with E-state index in [1.807, 2.05) is 12.1 Å². The summed E-state index contributed by atoms with van der Waals surface area (Å²) >= 11 is 0. The predicted octanol–water partition coefficient (Wildman–Crippen LogP) is 2.13. The molecule has 0 unspecified atom stereocenters. The van der Waals surface area contributed by atoms with Crippen LogP contribution in [0.15, 0.2) is 29.4 Å². The van der Waals surface area contributed by atoms with Crippen LogP contribution >= 0.6 is 0 Å². The van der Waals surface area contributed by atoms with Gasteiger partial charge in [-0.2, -0.15) is 0 Å². The van der Waals surface area contributed by atoms with Crippen molar-refractivity contribution in [2.24, 2.45) is 5.73 Å². The first kappa shape index (κ1) is 12.0. The van der Waals surface area contributed by atoms with Gasteiger partial charge >= 0.3 is 0 Å². The van der Waals surface area contributed by atoms with E-state index in [0.717, 1.165) is 24.4 Å². The predicted molar refractivity (Wildman–Crippen MR) is 62.3 cm³/mol. The summed E-state index contributed by atoms with van der Waals surface area (Å²) in [5, 5.41) is 0. The molecule has 84 valence electrons. The van der Waals surface area contributed by atoms with Crippen molar-refractivity contribution in [1.82, 2.24) is 4.90 Å². The van der Waals surface area contributed by atoms with Crippen LogP contribution in [0.1, 0.15) is 25.2 Å². The third-order valence-corrected chi connectivity index (χ3v) is 2.50. The van der Waals surface area contributed by atoms with Crippen LogP contribution in [-0.4, -0.2) is 17.5 Å². The van der Waals surface area contributed by atoms with Gasteiger partial charge in [0.25, 0.3) is 0 Å². The van der Waals surface area contributed by atoms with Crippen LogP contribution in [0.25, 0.3) is 0 Å². The summed E-state index contributed by atoms with van der Waals surface area (Å²) in [5.74, 6) is 0.966. The van der Waals surface area contributed by atoms with Crippen LogP contribution in [0.2, 0.25) is 0 Å². The molecule has 0 bridgehead atoms. The Morgan fingerprint density at radius 2 is 2.33 bits per heavy atom. The number of furan rings is 1. The Kier molecular flexibility index (Phi) is 4.59. The SMILES string of the molecule is C=CCN(Cc1occc1CN)C(C)C. The van der Waals surface area contributed by atoms with Gasteiger partial charge in [0.05, 0.1) is 12.8 Å². The first-order valence-corrected chi connectivity index (χ1v) is 5.29. The van der Waals surface area contributed by atoms with E-state index < -0.39 is 0 Å². The third-order valence-electron chi connectivity index (χ3n) is 2.50. The van der Waals surface area contributed by atoms with Gasteiger partial charge in [-0.15, -0.1) is 6.58 Å². The second-order valence-electron chi connectivity index (χ2n) is 3.89. The molecule has 1 aromatic heterocycles. The van der Waals surface area contributed by atoms with E-state index >= 15 is 0 Å². The van der Waals surface area contributed by atoms with Crippen molar-refractivity contribution in [3.05, 3.63) is 36.3 Å². The highest BCUT2D eigenvalue weighted by atomic mass is 16.3. The van der Waals surface area contributed by atoms with Crippen molar-refractivity contribution in [1.29, 1.82) is 0 Å². The largest absolute Gasteiger partial charge is 0.468 e. The summed E-state index contributed by atoms with van der Waals surface area (Å²) in [5.41, 5.74) is 6.71. The van der Waals surface area contributed by atoms with Crippen LogP contribution in [-0.2, 0) is 13.1 Å². The summed E-state index contributed by atoms with van der Waals surface area (Å²) in [6, 6.07) is 2.40. The van der Waals surface area contributed by atoms with Crippen LogP contribution in [0.4, 0.5) is 0 Å². The number of nitrogens with zero attached hydrogens (tertiary/aromatic N) is 1. The van der Waals surface area contributed by atoms with Crippen LogP contribution in [0, 0.1) is 0 Å². The van der Waals surface area contributed by atoms with Gasteiger partial charge in [-0.1, -0.05) is 6.08 Å². The fourth-order valence-corrected chi connectivity index (χ4v) is 1.50. The molecule has 0 aliphatic rings. The van der Waals surface area contributed by atoms with Gasteiger partial charge in [-0.3, -0.25) is 4.90 Å². The Hall–Kier alpha value is -1.06. The van der Waals surface area contributed by atoms with Gasteiger partial charge in [0.1, 0.15) is 5.76 Å². The second kappa shape index (κ2) is 5.73. The van der Waals surface area contributed by atoms with E-state index in [1.54, 1.807) is 6.26 Å². The van der Waals surface area contributed by atoms with E-state index in [4.69, 9.17) is 10.2 Å². The normalized spacial score (nSPS) is 11.3. The molecule has 1 heterocycles. The van der Waals surface area contributed by atoms with E-state index in [9.17, 15) is 0 Å². The molecule has 15 heavy (non-hydrogen) atoms. The topological polar surface area (TPSA) is 42.4 Å². The Morgan fingerprint density at radius 3 is 2.87 bits per heavy atom. The summed E-state index contributed by atoms with van der Waals surface area (Å²) in [6.45, 7) is 10.3. The molecule has 0 aliphatic carbocycles. The molecule has 0 fully saturated rings. The fourth-order valence-electron chi connectivity index (χ4n) is 1.50. The van der Waals surface area contributed by atoms with Gasteiger partial charge in [0, 0.05) is 24.7 Å². The summed E-state index contributed by atoms with van der Waals surface area (Å²) in [7, 11) is 0. The zero-order valence-corrected chi connectivity index (χ0v) is 9.57. The number of hydrogen-bond acceptors (Lipinski definition) is 3. The molecule has 0 aliphatic heterocycles. The molecule has 3 heteroatoms. The van der Waals surface area contributed by atoms with Crippen molar-refractivity contribution in [2.45, 2.75) is 33.0 Å². The second-order valence-corrected chi connectivity index (χ2v) is 3.89. The maximum Gasteiger partial charge on any atom is 0.122 e. The maximum atomic E-state index is 5.62. The van der Waals surface area contributed by atoms with E-state index in [-0.39, 0.29) is 0 Å². The monoisotopic (exact) mass is 208 g/mol. The van der Waals surface area contributed by atoms with Crippen LogP contribution < -0.4 is 5.73 Å². The standard InChI is InChI=1S/C12H20N2O/c1-4-6-14(10(2)3)9-12-11(8-13)5-7-15-12/h4-5,7,10H,1,6,8-9,13H2,2-3H3. The Labute approximate surface area is 91.6 Å². The van der Waals surface area contributed by atoms with Crippen LogP contribution in [0.5, 0.6) is 0 Å². The molecule has 3 nitrogen and oxygen atoms in total. The van der Waals surface area contributed by atoms with Crippen LogP contribution in [0.3, 0.4) is 0 Å². The van der Waals surface area contributed by atoms with Crippen molar-refractivity contribution < 1.29 is 4.42 Å². The van der Waals surface area contributed by atoms with Gasteiger partial charge in [0.2, 0.25) is 0 Å². The van der Waals surface area contributed by atoms with Crippen molar-refractivity contribution >= 4 is 0 Å². The highest BCUT2D eigenvalue weighted by Crippen LogP contribution is 2.14. The summed E-state index contributed by atoms with van der Waals surface area (Å²) in [4.78, 5) is 2.28. The molecule has 1 rings (SSSR count). The highest BCUT2D eigenvalue weighted by Gasteiger charge is 2.12.